The van der Waals surface area contributed by atoms with E-state index in [1.165, 1.54) is 18.4 Å². The number of hydrogen-bond donors (Lipinski definition) is 1. The third-order valence-electron chi connectivity index (χ3n) is 5.20. The Morgan fingerprint density at radius 1 is 1.25 bits per heavy atom. The van der Waals surface area contributed by atoms with Gasteiger partial charge >= 0.3 is 0 Å². The number of hydrogen-bond acceptors (Lipinski definition) is 2. The maximum atomic E-state index is 11.6. The van der Waals surface area contributed by atoms with Crippen LogP contribution in [0.2, 0.25) is 0 Å². The molecule has 2 aliphatic rings. The molecule has 1 aliphatic carbocycles. The average Bonchev–Trinajstić information content (AvgIpc) is 2.54. The lowest BCUT2D eigenvalue weighted by molar-refractivity contribution is -0.121. The summed E-state index contributed by atoms with van der Waals surface area (Å²) in [6.07, 6.45) is 8.75. The van der Waals surface area contributed by atoms with E-state index in [9.17, 15) is 4.79 Å². The number of nitrogens with one attached hydrogen (secondary N) is 1. The number of nitrogens with zero attached hydrogens (tertiary/aromatic N) is 1. The second-order valence-electron chi connectivity index (χ2n) is 6.75. The maximum absolute atomic E-state index is 11.6. The summed E-state index contributed by atoms with van der Waals surface area (Å²) in [6, 6.07) is 11.7. The second-order valence-corrected chi connectivity index (χ2v) is 6.75. The topological polar surface area (TPSA) is 32.3 Å². The smallest absolute Gasteiger partial charge is 0.219 e. The zero-order chi connectivity index (χ0) is 16.1. The maximum Gasteiger partial charge on any atom is 0.219 e. The first-order valence-electron chi connectivity index (χ1n) is 9.02. The van der Waals surface area contributed by atoms with Gasteiger partial charge in [-0.1, -0.05) is 48.9 Å². The summed E-state index contributed by atoms with van der Waals surface area (Å²) in [4.78, 5) is 14.2. The first kappa shape index (κ1) is 19.0. The van der Waals surface area contributed by atoms with Gasteiger partial charge in [0.05, 0.1) is 0 Å². The molecular formula is C20H29ClN2O. The van der Waals surface area contributed by atoms with Crippen LogP contribution >= 0.6 is 12.4 Å². The summed E-state index contributed by atoms with van der Waals surface area (Å²) in [5, 5.41) is 3.15. The molecule has 3 nitrogen and oxygen atoms in total. The number of halogens is 1. The number of likely N-dealkylation sites (tertiary alicyclic amines) is 1. The van der Waals surface area contributed by atoms with E-state index in [0.29, 0.717) is 18.5 Å². The summed E-state index contributed by atoms with van der Waals surface area (Å²) in [5.41, 5.74) is 3.04. The van der Waals surface area contributed by atoms with E-state index in [1.54, 1.807) is 5.57 Å². The van der Waals surface area contributed by atoms with Gasteiger partial charge in [0.15, 0.2) is 0 Å². The van der Waals surface area contributed by atoms with E-state index in [2.05, 4.69) is 46.6 Å². The van der Waals surface area contributed by atoms with Crippen molar-refractivity contribution in [1.82, 2.24) is 10.2 Å². The quantitative estimate of drug-likeness (QED) is 0.794. The SMILES string of the molecule is CCC(=O)NC1CCN(C(Cc2ccccc2)C2=CCC2)CC1.Cl. The van der Waals surface area contributed by atoms with E-state index < -0.39 is 0 Å². The molecule has 0 saturated carbocycles. The van der Waals surface area contributed by atoms with E-state index in [0.717, 1.165) is 32.4 Å². The highest BCUT2D eigenvalue weighted by Crippen LogP contribution is 2.29. The lowest BCUT2D eigenvalue weighted by atomic mass is 9.86. The first-order valence-corrected chi connectivity index (χ1v) is 9.02. The molecule has 1 aromatic carbocycles. The highest BCUT2D eigenvalue weighted by Gasteiger charge is 2.29. The van der Waals surface area contributed by atoms with Crippen molar-refractivity contribution in [2.45, 2.75) is 57.5 Å². The van der Waals surface area contributed by atoms with E-state index in [4.69, 9.17) is 0 Å². The standard InChI is InChI=1S/C20H28N2O.ClH/c1-2-20(23)21-18-11-13-22(14-12-18)19(17-9-6-10-17)15-16-7-4-3-5-8-16;/h3-5,7-9,18-19H,2,6,10-15H2,1H3,(H,21,23);1H. The van der Waals surface area contributed by atoms with Crippen molar-refractivity contribution < 1.29 is 4.79 Å². The van der Waals surface area contributed by atoms with Crippen LogP contribution in [0, 0.1) is 0 Å². The molecule has 1 aliphatic heterocycles. The predicted octanol–water partition coefficient (Wildman–Crippen LogP) is 3.73. The van der Waals surface area contributed by atoms with Gasteiger partial charge in [-0.15, -0.1) is 12.4 Å². The number of piperidine rings is 1. The van der Waals surface area contributed by atoms with Gasteiger partial charge in [0.1, 0.15) is 0 Å². The van der Waals surface area contributed by atoms with Crippen LogP contribution in [-0.2, 0) is 11.2 Å². The minimum Gasteiger partial charge on any atom is -0.353 e. The molecule has 132 valence electrons. The molecule has 1 fully saturated rings. The molecule has 24 heavy (non-hydrogen) atoms. The van der Waals surface area contributed by atoms with Crippen LogP contribution in [0.3, 0.4) is 0 Å². The van der Waals surface area contributed by atoms with Gasteiger partial charge in [-0.3, -0.25) is 9.69 Å². The fourth-order valence-electron chi connectivity index (χ4n) is 3.63. The summed E-state index contributed by atoms with van der Waals surface area (Å²) < 4.78 is 0. The highest BCUT2D eigenvalue weighted by molar-refractivity contribution is 5.85. The molecule has 1 saturated heterocycles. The zero-order valence-corrected chi connectivity index (χ0v) is 15.4. The number of amides is 1. The van der Waals surface area contributed by atoms with Crippen molar-refractivity contribution >= 4 is 18.3 Å². The molecule has 1 atom stereocenters. The first-order chi connectivity index (χ1) is 11.3. The largest absolute Gasteiger partial charge is 0.353 e. The van der Waals surface area contributed by atoms with Crippen molar-refractivity contribution in [3.05, 3.63) is 47.5 Å². The summed E-state index contributed by atoms with van der Waals surface area (Å²) in [7, 11) is 0. The summed E-state index contributed by atoms with van der Waals surface area (Å²) >= 11 is 0. The minimum absolute atomic E-state index is 0. The van der Waals surface area contributed by atoms with E-state index in [1.807, 2.05) is 6.92 Å². The van der Waals surface area contributed by atoms with E-state index in [-0.39, 0.29) is 18.3 Å². The van der Waals surface area contributed by atoms with Crippen molar-refractivity contribution in [2.24, 2.45) is 0 Å². The Morgan fingerprint density at radius 3 is 2.46 bits per heavy atom. The summed E-state index contributed by atoms with van der Waals surface area (Å²) in [5.74, 6) is 0.186. The molecule has 1 N–H and O–H groups in total. The highest BCUT2D eigenvalue weighted by atomic mass is 35.5. The third kappa shape index (κ3) is 4.84. The lowest BCUT2D eigenvalue weighted by Gasteiger charge is -2.40. The molecule has 0 radical (unpaired) electrons. The van der Waals surface area contributed by atoms with Crippen LogP contribution in [-0.4, -0.2) is 36.0 Å². The van der Waals surface area contributed by atoms with Crippen molar-refractivity contribution in [3.8, 4) is 0 Å². The lowest BCUT2D eigenvalue weighted by Crippen LogP contribution is -2.49. The molecule has 1 amide bonds. The van der Waals surface area contributed by atoms with Gasteiger partial charge in [0.2, 0.25) is 5.91 Å². The van der Waals surface area contributed by atoms with Gasteiger partial charge < -0.3 is 5.32 Å². The Bertz CT molecular complexity index is 550. The molecular weight excluding hydrogens is 320 g/mol. The van der Waals surface area contributed by atoms with Crippen LogP contribution in [0.25, 0.3) is 0 Å². The van der Waals surface area contributed by atoms with Crippen LogP contribution < -0.4 is 5.32 Å². The van der Waals surface area contributed by atoms with Crippen molar-refractivity contribution in [1.29, 1.82) is 0 Å². The van der Waals surface area contributed by atoms with Crippen LogP contribution in [0.15, 0.2) is 42.0 Å². The van der Waals surface area contributed by atoms with Gasteiger partial charge in [-0.05, 0) is 37.7 Å². The Morgan fingerprint density at radius 2 is 1.92 bits per heavy atom. The average molecular weight is 349 g/mol. The van der Waals surface area contributed by atoms with Crippen molar-refractivity contribution in [2.75, 3.05) is 13.1 Å². The van der Waals surface area contributed by atoms with E-state index >= 15 is 0 Å². The van der Waals surface area contributed by atoms with Crippen molar-refractivity contribution in [3.63, 3.8) is 0 Å². The fourth-order valence-corrected chi connectivity index (χ4v) is 3.63. The third-order valence-corrected chi connectivity index (χ3v) is 5.20. The van der Waals surface area contributed by atoms with Crippen LogP contribution in [0.1, 0.15) is 44.6 Å². The molecule has 0 aromatic heterocycles. The number of benzene rings is 1. The number of carbonyl (C=O) groups is 1. The predicted molar refractivity (Wildman–Crippen MR) is 102 cm³/mol. The fraction of sp³-hybridized carbons (Fsp3) is 0.550. The Hall–Kier alpha value is -1.32. The Balaban J connectivity index is 0.00000208. The number of rotatable bonds is 6. The summed E-state index contributed by atoms with van der Waals surface area (Å²) in [6.45, 7) is 4.09. The molecule has 3 rings (SSSR count). The number of allylic oxidation sites excluding steroid dienone is 1. The molecule has 0 bridgehead atoms. The Labute approximate surface area is 151 Å². The minimum atomic E-state index is 0. The molecule has 1 aromatic rings. The molecule has 4 heteroatoms. The second kappa shape index (κ2) is 9.24. The van der Waals surface area contributed by atoms with Gasteiger partial charge in [-0.25, -0.2) is 0 Å². The Kier molecular flexibility index (Phi) is 7.32. The monoisotopic (exact) mass is 348 g/mol. The van der Waals surface area contributed by atoms with Crippen LogP contribution in [0.4, 0.5) is 0 Å². The van der Waals surface area contributed by atoms with Gasteiger partial charge in [0, 0.05) is 31.6 Å². The molecule has 0 spiro atoms. The number of carbonyl (C=O) groups excluding carboxylic acids is 1. The van der Waals surface area contributed by atoms with Gasteiger partial charge in [0.25, 0.3) is 0 Å². The molecule has 1 unspecified atom stereocenters. The van der Waals surface area contributed by atoms with Gasteiger partial charge in [-0.2, -0.15) is 0 Å². The normalized spacial score (nSPS) is 19.6. The van der Waals surface area contributed by atoms with Crippen LogP contribution in [0.5, 0.6) is 0 Å². The molecule has 1 heterocycles. The zero-order valence-electron chi connectivity index (χ0n) is 14.5.